The van der Waals surface area contributed by atoms with E-state index in [4.69, 9.17) is 4.74 Å². The molecule has 0 saturated heterocycles. The lowest BCUT2D eigenvalue weighted by molar-refractivity contribution is 0.101. The van der Waals surface area contributed by atoms with E-state index in [0.717, 1.165) is 10.8 Å². The van der Waals surface area contributed by atoms with Gasteiger partial charge in [-0.3, -0.25) is 9.48 Å². The van der Waals surface area contributed by atoms with Crippen LogP contribution < -0.4 is 10.1 Å². The molecule has 1 N–H and O–H groups in total. The second-order valence-electron chi connectivity index (χ2n) is 6.75. The Bertz CT molecular complexity index is 967. The predicted molar refractivity (Wildman–Crippen MR) is 100 cm³/mol. The van der Waals surface area contributed by atoms with Crippen LogP contribution in [0.1, 0.15) is 36.3 Å². The molecule has 1 aromatic heterocycles. The summed E-state index contributed by atoms with van der Waals surface area (Å²) in [5.41, 5.74) is -0.149. The van der Waals surface area contributed by atoms with E-state index in [1.54, 1.807) is 12.1 Å². The molecule has 1 amide bonds. The first-order valence-electron chi connectivity index (χ1n) is 8.63. The van der Waals surface area contributed by atoms with Crippen molar-refractivity contribution in [2.24, 2.45) is 13.0 Å². The van der Waals surface area contributed by atoms with Crippen molar-refractivity contribution in [1.82, 2.24) is 9.78 Å². The van der Waals surface area contributed by atoms with Crippen LogP contribution in [0.25, 0.3) is 10.8 Å². The summed E-state index contributed by atoms with van der Waals surface area (Å²) in [5.74, 6) is 0.445. The maximum atomic E-state index is 13.1. The van der Waals surface area contributed by atoms with Gasteiger partial charge < -0.3 is 10.1 Å². The summed E-state index contributed by atoms with van der Waals surface area (Å²) in [5, 5.41) is 8.08. The second-order valence-corrected chi connectivity index (χ2v) is 6.75. The molecule has 27 heavy (non-hydrogen) atoms. The average Bonchev–Trinajstić information content (AvgIpc) is 3.02. The van der Waals surface area contributed by atoms with E-state index >= 15 is 0 Å². The molecule has 0 fully saturated rings. The molecule has 142 valence electrons. The molecule has 0 aliphatic rings. The highest BCUT2D eigenvalue weighted by molar-refractivity contribution is 6.09. The van der Waals surface area contributed by atoms with E-state index in [-0.39, 0.29) is 5.56 Å². The number of alkyl halides is 2. The Balaban J connectivity index is 1.92. The minimum atomic E-state index is -2.82. The van der Waals surface area contributed by atoms with Gasteiger partial charge in [-0.25, -0.2) is 8.78 Å². The van der Waals surface area contributed by atoms with Crippen LogP contribution in [0.3, 0.4) is 0 Å². The maximum absolute atomic E-state index is 13.1. The molecule has 0 bridgehead atoms. The fraction of sp³-hybridized carbons (Fsp3) is 0.300. The number of carbonyl (C=O) groups excluding carboxylic acids is 1. The lowest BCUT2D eigenvalue weighted by atomic mass is 10.1. The zero-order valence-electron chi connectivity index (χ0n) is 15.4. The molecule has 1 heterocycles. The summed E-state index contributed by atoms with van der Waals surface area (Å²) in [7, 11) is 1.50. The third-order valence-electron chi connectivity index (χ3n) is 3.99. The van der Waals surface area contributed by atoms with Crippen molar-refractivity contribution < 1.29 is 18.3 Å². The molecule has 0 unspecified atom stereocenters. The fourth-order valence-corrected chi connectivity index (χ4v) is 2.74. The molecule has 0 radical (unpaired) electrons. The largest absolute Gasteiger partial charge is 0.493 e. The van der Waals surface area contributed by atoms with Crippen LogP contribution in [0.4, 0.5) is 14.5 Å². The molecule has 0 spiro atoms. The van der Waals surface area contributed by atoms with Crippen LogP contribution in [0.2, 0.25) is 0 Å². The number of halogens is 2. The quantitative estimate of drug-likeness (QED) is 0.675. The average molecular weight is 373 g/mol. The van der Waals surface area contributed by atoms with Crippen molar-refractivity contribution in [3.05, 3.63) is 53.9 Å². The van der Waals surface area contributed by atoms with Gasteiger partial charge in [0, 0.05) is 24.3 Å². The Kier molecular flexibility index (Phi) is 5.39. The number of ether oxygens (including phenoxy) is 1. The summed E-state index contributed by atoms with van der Waals surface area (Å²) in [6.45, 7) is 4.69. The Morgan fingerprint density at radius 2 is 2.04 bits per heavy atom. The molecule has 7 heteroatoms. The van der Waals surface area contributed by atoms with Crippen LogP contribution >= 0.6 is 0 Å². The predicted octanol–water partition coefficient (Wildman–Crippen LogP) is 4.80. The molecule has 0 saturated carbocycles. The molecule has 0 aliphatic heterocycles. The molecular formula is C20H21F2N3O2. The van der Waals surface area contributed by atoms with E-state index in [9.17, 15) is 13.6 Å². The standard InChI is InChI=1S/C20H21F2N3O2/c1-12(2)11-27-14-8-7-13-5-4-6-17(15(13)9-14)23-20(26)16-10-25(3)24-18(16)19(21)22/h4-10,12,19H,11H2,1-3H3,(H,23,26). The van der Waals surface area contributed by atoms with Crippen molar-refractivity contribution in [3.8, 4) is 5.75 Å². The van der Waals surface area contributed by atoms with Gasteiger partial charge in [0.25, 0.3) is 12.3 Å². The zero-order chi connectivity index (χ0) is 19.6. The SMILES string of the molecule is CC(C)COc1ccc2cccc(NC(=O)c3cn(C)nc3C(F)F)c2c1. The zero-order valence-corrected chi connectivity index (χ0v) is 15.4. The number of hydrogen-bond donors (Lipinski definition) is 1. The maximum Gasteiger partial charge on any atom is 0.282 e. The van der Waals surface area contributed by atoms with Gasteiger partial charge in [0.15, 0.2) is 0 Å². The van der Waals surface area contributed by atoms with Gasteiger partial charge in [0.05, 0.1) is 12.2 Å². The number of aromatic nitrogens is 2. The summed E-state index contributed by atoms with van der Waals surface area (Å²) >= 11 is 0. The van der Waals surface area contributed by atoms with Gasteiger partial charge in [-0.1, -0.05) is 32.0 Å². The van der Waals surface area contributed by atoms with E-state index < -0.39 is 18.0 Å². The molecule has 2 aromatic carbocycles. The number of rotatable bonds is 6. The molecule has 3 rings (SSSR count). The monoisotopic (exact) mass is 373 g/mol. The van der Waals surface area contributed by atoms with Crippen LogP contribution in [-0.2, 0) is 7.05 Å². The lowest BCUT2D eigenvalue weighted by Crippen LogP contribution is -2.13. The van der Waals surface area contributed by atoms with Crippen LogP contribution in [0, 0.1) is 5.92 Å². The lowest BCUT2D eigenvalue weighted by Gasteiger charge is -2.12. The first-order valence-corrected chi connectivity index (χ1v) is 8.63. The minimum absolute atomic E-state index is 0.142. The van der Waals surface area contributed by atoms with E-state index in [1.807, 2.05) is 24.3 Å². The van der Waals surface area contributed by atoms with E-state index in [0.29, 0.717) is 24.0 Å². The van der Waals surface area contributed by atoms with Crippen molar-refractivity contribution in [1.29, 1.82) is 0 Å². The highest BCUT2D eigenvalue weighted by Gasteiger charge is 2.23. The van der Waals surface area contributed by atoms with Gasteiger partial charge >= 0.3 is 0 Å². The molecule has 3 aromatic rings. The number of carbonyl (C=O) groups is 1. The van der Waals surface area contributed by atoms with E-state index in [2.05, 4.69) is 24.3 Å². The smallest absolute Gasteiger partial charge is 0.282 e. The van der Waals surface area contributed by atoms with Crippen molar-refractivity contribution in [2.75, 3.05) is 11.9 Å². The number of benzene rings is 2. The Labute approximate surface area is 155 Å². The second kappa shape index (κ2) is 7.73. The normalized spacial score (nSPS) is 11.4. The number of nitrogens with one attached hydrogen (secondary N) is 1. The number of amides is 1. The van der Waals surface area contributed by atoms with Crippen molar-refractivity contribution in [2.45, 2.75) is 20.3 Å². The number of aryl methyl sites for hydroxylation is 1. The fourth-order valence-electron chi connectivity index (χ4n) is 2.74. The van der Waals surface area contributed by atoms with Crippen LogP contribution in [0.5, 0.6) is 5.75 Å². The number of nitrogens with zero attached hydrogens (tertiary/aromatic N) is 2. The third-order valence-corrected chi connectivity index (χ3v) is 3.99. The molecule has 5 nitrogen and oxygen atoms in total. The van der Waals surface area contributed by atoms with Crippen molar-refractivity contribution in [3.63, 3.8) is 0 Å². The third kappa shape index (κ3) is 4.24. The summed E-state index contributed by atoms with van der Waals surface area (Å²) in [6.07, 6.45) is -1.53. The molecule has 0 atom stereocenters. The van der Waals surface area contributed by atoms with Crippen molar-refractivity contribution >= 4 is 22.4 Å². The van der Waals surface area contributed by atoms with Gasteiger partial charge in [-0.15, -0.1) is 0 Å². The van der Waals surface area contributed by atoms with E-state index in [1.165, 1.54) is 17.9 Å². The van der Waals surface area contributed by atoms with Crippen LogP contribution in [0.15, 0.2) is 42.6 Å². The summed E-state index contributed by atoms with van der Waals surface area (Å²) < 4.78 is 33.2. The van der Waals surface area contributed by atoms with Crippen LogP contribution in [-0.4, -0.2) is 22.3 Å². The van der Waals surface area contributed by atoms with Gasteiger partial charge in [0.1, 0.15) is 11.4 Å². The summed E-state index contributed by atoms with van der Waals surface area (Å²) in [6, 6.07) is 11.0. The number of fused-ring (bicyclic) bond motifs is 1. The highest BCUT2D eigenvalue weighted by atomic mass is 19.3. The Morgan fingerprint density at radius 3 is 2.74 bits per heavy atom. The summed E-state index contributed by atoms with van der Waals surface area (Å²) in [4.78, 5) is 12.6. The highest BCUT2D eigenvalue weighted by Crippen LogP contribution is 2.29. The topological polar surface area (TPSA) is 56.1 Å². The molecule has 0 aliphatic carbocycles. The Morgan fingerprint density at radius 1 is 1.26 bits per heavy atom. The molecular weight excluding hydrogens is 352 g/mol. The first kappa shape index (κ1) is 18.8. The van der Waals surface area contributed by atoms with Gasteiger partial charge in [0.2, 0.25) is 0 Å². The number of anilines is 1. The Hall–Kier alpha value is -2.96. The number of hydrogen-bond acceptors (Lipinski definition) is 3. The first-order chi connectivity index (χ1) is 12.8. The van der Waals surface area contributed by atoms with Gasteiger partial charge in [-0.2, -0.15) is 5.10 Å². The van der Waals surface area contributed by atoms with Gasteiger partial charge in [-0.05, 0) is 29.5 Å². The minimum Gasteiger partial charge on any atom is -0.493 e.